The first-order valence-corrected chi connectivity index (χ1v) is 7.62. The topological polar surface area (TPSA) is 55.3 Å². The predicted molar refractivity (Wildman–Crippen MR) is 85.3 cm³/mol. The van der Waals surface area contributed by atoms with E-state index in [0.717, 1.165) is 25.1 Å². The zero-order valence-electron chi connectivity index (χ0n) is 13.1. The van der Waals surface area contributed by atoms with Gasteiger partial charge in [0.2, 0.25) is 0 Å². The third-order valence-electron chi connectivity index (χ3n) is 3.48. The molecule has 0 bridgehead atoms. The van der Waals surface area contributed by atoms with Gasteiger partial charge in [0.25, 0.3) is 0 Å². The van der Waals surface area contributed by atoms with E-state index < -0.39 is 0 Å². The summed E-state index contributed by atoms with van der Waals surface area (Å²) in [7, 11) is 1.73. The molecule has 0 aliphatic carbocycles. The fourth-order valence-electron chi connectivity index (χ4n) is 2.38. The van der Waals surface area contributed by atoms with Gasteiger partial charge in [-0.1, -0.05) is 30.3 Å². The first-order valence-electron chi connectivity index (χ1n) is 7.62. The Morgan fingerprint density at radius 2 is 2.18 bits per heavy atom. The number of ether oxygens (including phenoxy) is 3. The van der Waals surface area contributed by atoms with Gasteiger partial charge < -0.3 is 14.2 Å². The highest BCUT2D eigenvalue weighted by molar-refractivity contribution is 5.57. The Kier molecular flexibility index (Phi) is 7.90. The molecule has 1 fully saturated rings. The van der Waals surface area contributed by atoms with Crippen LogP contribution in [-0.2, 0) is 20.8 Å². The lowest BCUT2D eigenvalue weighted by molar-refractivity contribution is -0.0480. The van der Waals surface area contributed by atoms with Gasteiger partial charge >= 0.3 is 0 Å². The van der Waals surface area contributed by atoms with E-state index in [0.29, 0.717) is 19.3 Å². The maximum Gasteiger partial charge on any atom is 0.147 e. The Bertz CT molecular complexity index is 428. The number of hydrogen-bond donors (Lipinski definition) is 1. The van der Waals surface area contributed by atoms with Crippen LogP contribution in [0.5, 0.6) is 0 Å². The molecule has 0 spiro atoms. The molecule has 122 valence electrons. The number of nitrogens with zero attached hydrogens (tertiary/aromatic N) is 2. The van der Waals surface area contributed by atoms with Crippen LogP contribution in [0.1, 0.15) is 18.4 Å². The molecule has 1 atom stereocenters. The third-order valence-corrected chi connectivity index (χ3v) is 3.48. The SMILES string of the molecule is COC[C@@H]1CCCN1N/N=C/COCOCc1ccccc1. The molecule has 1 aromatic rings. The largest absolute Gasteiger partial charge is 0.383 e. The minimum atomic E-state index is 0.261. The van der Waals surface area contributed by atoms with E-state index in [-0.39, 0.29) is 6.79 Å². The molecule has 1 N–H and O–H groups in total. The summed E-state index contributed by atoms with van der Waals surface area (Å²) in [5, 5.41) is 6.26. The molecule has 1 aliphatic rings. The first-order chi connectivity index (χ1) is 10.9. The molecule has 0 unspecified atom stereocenters. The van der Waals surface area contributed by atoms with Gasteiger partial charge in [-0.3, -0.25) is 0 Å². The minimum absolute atomic E-state index is 0.261. The normalized spacial score (nSPS) is 19.0. The van der Waals surface area contributed by atoms with E-state index in [4.69, 9.17) is 14.2 Å². The average Bonchev–Trinajstić information content (AvgIpc) is 2.99. The molecule has 0 radical (unpaired) electrons. The summed E-state index contributed by atoms with van der Waals surface area (Å²) in [6.45, 7) is 2.96. The molecule has 2 rings (SSSR count). The number of benzene rings is 1. The highest BCUT2D eigenvalue weighted by atomic mass is 16.7. The summed E-state index contributed by atoms with van der Waals surface area (Å²) in [5.74, 6) is 0. The van der Waals surface area contributed by atoms with Gasteiger partial charge in [-0.05, 0) is 18.4 Å². The van der Waals surface area contributed by atoms with Crippen LogP contribution in [0, 0.1) is 0 Å². The van der Waals surface area contributed by atoms with Gasteiger partial charge in [0.1, 0.15) is 6.79 Å². The van der Waals surface area contributed by atoms with E-state index in [1.165, 1.54) is 6.42 Å². The van der Waals surface area contributed by atoms with Crippen molar-refractivity contribution in [2.45, 2.75) is 25.5 Å². The molecular formula is C16H25N3O3. The van der Waals surface area contributed by atoms with Crippen LogP contribution in [0.25, 0.3) is 0 Å². The van der Waals surface area contributed by atoms with Gasteiger partial charge in [-0.25, -0.2) is 10.5 Å². The highest BCUT2D eigenvalue weighted by Crippen LogP contribution is 2.14. The second-order valence-electron chi connectivity index (χ2n) is 5.18. The Labute approximate surface area is 132 Å². The van der Waals surface area contributed by atoms with Crippen molar-refractivity contribution in [2.75, 3.05) is 33.7 Å². The number of nitrogens with one attached hydrogen (secondary N) is 1. The predicted octanol–water partition coefficient (Wildman–Crippen LogP) is 1.78. The Hall–Kier alpha value is -1.47. The quantitative estimate of drug-likeness (QED) is 0.309. The average molecular weight is 307 g/mol. The van der Waals surface area contributed by atoms with Crippen molar-refractivity contribution in [3.8, 4) is 0 Å². The standard InChI is InChI=1S/C16H25N3O3/c1-20-13-16-8-5-10-19(16)18-17-9-11-21-14-22-12-15-6-3-2-4-7-15/h2-4,6-7,9,16,18H,5,8,10-14H2,1H3/b17-9+/t16-/m0/s1. The maximum atomic E-state index is 5.42. The van der Waals surface area contributed by atoms with Crippen molar-refractivity contribution in [3.63, 3.8) is 0 Å². The van der Waals surface area contributed by atoms with Gasteiger partial charge in [0, 0.05) is 13.7 Å². The van der Waals surface area contributed by atoms with Crippen molar-refractivity contribution in [1.82, 2.24) is 10.5 Å². The van der Waals surface area contributed by atoms with Gasteiger partial charge in [-0.15, -0.1) is 0 Å². The summed E-state index contributed by atoms with van der Waals surface area (Å²) in [5.41, 5.74) is 4.17. The van der Waals surface area contributed by atoms with Crippen LogP contribution in [0.3, 0.4) is 0 Å². The van der Waals surface area contributed by atoms with E-state index in [2.05, 4.69) is 15.6 Å². The molecule has 1 heterocycles. The van der Waals surface area contributed by atoms with Crippen molar-refractivity contribution < 1.29 is 14.2 Å². The molecule has 1 saturated heterocycles. The summed E-state index contributed by atoms with van der Waals surface area (Å²) in [4.78, 5) is 0. The van der Waals surface area contributed by atoms with Crippen LogP contribution in [0.4, 0.5) is 0 Å². The molecule has 6 heteroatoms. The Morgan fingerprint density at radius 1 is 1.32 bits per heavy atom. The minimum Gasteiger partial charge on any atom is -0.383 e. The third kappa shape index (κ3) is 6.11. The van der Waals surface area contributed by atoms with E-state index in [1.807, 2.05) is 30.3 Å². The zero-order valence-corrected chi connectivity index (χ0v) is 13.1. The number of hydrazine groups is 1. The van der Waals surface area contributed by atoms with E-state index in [9.17, 15) is 0 Å². The highest BCUT2D eigenvalue weighted by Gasteiger charge is 2.23. The lowest BCUT2D eigenvalue weighted by Gasteiger charge is -2.22. The zero-order chi connectivity index (χ0) is 15.5. The fourth-order valence-corrected chi connectivity index (χ4v) is 2.38. The van der Waals surface area contributed by atoms with Crippen LogP contribution in [0.15, 0.2) is 35.4 Å². The molecule has 0 saturated carbocycles. The number of methoxy groups -OCH3 is 1. The molecular weight excluding hydrogens is 282 g/mol. The van der Waals surface area contributed by atoms with Crippen LogP contribution < -0.4 is 5.53 Å². The molecule has 6 nitrogen and oxygen atoms in total. The Morgan fingerprint density at radius 3 is 3.00 bits per heavy atom. The molecule has 1 aliphatic heterocycles. The van der Waals surface area contributed by atoms with Crippen molar-refractivity contribution in [1.29, 1.82) is 0 Å². The monoisotopic (exact) mass is 307 g/mol. The molecule has 22 heavy (non-hydrogen) atoms. The summed E-state index contributed by atoms with van der Waals surface area (Å²) in [6, 6.07) is 10.4. The number of hydrazone groups is 1. The van der Waals surface area contributed by atoms with Gasteiger partial charge in [0.15, 0.2) is 0 Å². The van der Waals surface area contributed by atoms with E-state index >= 15 is 0 Å². The number of rotatable bonds is 10. The smallest absolute Gasteiger partial charge is 0.147 e. The van der Waals surface area contributed by atoms with Crippen LogP contribution >= 0.6 is 0 Å². The molecule has 0 amide bonds. The molecule has 1 aromatic carbocycles. The second-order valence-corrected chi connectivity index (χ2v) is 5.18. The first kappa shape index (κ1) is 16.9. The van der Waals surface area contributed by atoms with Crippen LogP contribution in [0.2, 0.25) is 0 Å². The van der Waals surface area contributed by atoms with E-state index in [1.54, 1.807) is 13.3 Å². The summed E-state index contributed by atoms with van der Waals surface area (Å²) in [6.07, 6.45) is 4.01. The van der Waals surface area contributed by atoms with Crippen LogP contribution in [-0.4, -0.2) is 50.9 Å². The number of hydrogen-bond acceptors (Lipinski definition) is 6. The second kappa shape index (κ2) is 10.3. The maximum absolute atomic E-state index is 5.42. The summed E-state index contributed by atoms with van der Waals surface area (Å²) >= 11 is 0. The lowest BCUT2D eigenvalue weighted by Crippen LogP contribution is -2.41. The molecule has 0 aromatic heterocycles. The van der Waals surface area contributed by atoms with Crippen molar-refractivity contribution in [2.24, 2.45) is 5.10 Å². The Balaban J connectivity index is 1.49. The van der Waals surface area contributed by atoms with Crippen molar-refractivity contribution in [3.05, 3.63) is 35.9 Å². The van der Waals surface area contributed by atoms with Gasteiger partial charge in [-0.2, -0.15) is 5.10 Å². The van der Waals surface area contributed by atoms with Gasteiger partial charge in [0.05, 0.1) is 32.1 Å². The summed E-state index contributed by atoms with van der Waals surface area (Å²) < 4.78 is 15.9. The van der Waals surface area contributed by atoms with Crippen molar-refractivity contribution >= 4 is 6.21 Å². The lowest BCUT2D eigenvalue weighted by atomic mass is 10.2. The fraction of sp³-hybridized carbons (Fsp3) is 0.562.